The molecule has 0 aliphatic heterocycles. The van der Waals surface area contributed by atoms with Crippen molar-refractivity contribution in [1.82, 2.24) is 0 Å². The van der Waals surface area contributed by atoms with Crippen molar-refractivity contribution < 1.29 is 37.6 Å². The van der Waals surface area contributed by atoms with Crippen molar-refractivity contribution in [2.75, 3.05) is 99.1 Å². The zero-order valence-corrected chi connectivity index (χ0v) is 24.7. The molecule has 35 heavy (non-hydrogen) atoms. The van der Waals surface area contributed by atoms with Crippen LogP contribution in [0, 0.1) is 0 Å². The zero-order valence-electron chi connectivity index (χ0n) is 23.7. The molecule has 0 spiro atoms. The molecule has 8 nitrogen and oxygen atoms in total. The third-order valence-electron chi connectivity index (χ3n) is 5.87. The van der Waals surface area contributed by atoms with Crippen molar-refractivity contribution in [2.45, 2.75) is 71.5 Å². The molecule has 0 saturated carbocycles. The lowest BCUT2D eigenvalue weighted by atomic mass is 10.2. The van der Waals surface area contributed by atoms with Crippen LogP contribution in [-0.2, 0) is 37.6 Å². The second-order valence-electron chi connectivity index (χ2n) is 9.96. The Morgan fingerprint density at radius 1 is 0.429 bits per heavy atom. The number of hydrogen-bond donors (Lipinski definition) is 0. The van der Waals surface area contributed by atoms with Gasteiger partial charge in [0.05, 0.1) is 92.5 Å². The molecule has 0 aromatic carbocycles. The molecule has 0 rings (SSSR count). The molecule has 0 aromatic rings. The van der Waals surface area contributed by atoms with Crippen LogP contribution in [-0.4, -0.2) is 107 Å². The van der Waals surface area contributed by atoms with Gasteiger partial charge >= 0.3 is 0 Å². The molecular weight excluding hydrogens is 468 g/mol. The maximum absolute atomic E-state index is 6.07. The molecule has 0 saturated heterocycles. The highest BCUT2D eigenvalue weighted by Gasteiger charge is 2.36. The van der Waals surface area contributed by atoms with Crippen LogP contribution in [0.5, 0.6) is 0 Å². The normalized spacial score (nSPS) is 12.5. The summed E-state index contributed by atoms with van der Waals surface area (Å²) in [5.74, 6) is 0. The molecule has 212 valence electrons. The van der Waals surface area contributed by atoms with Gasteiger partial charge in [-0.05, 0) is 24.6 Å². The van der Waals surface area contributed by atoms with E-state index in [4.69, 9.17) is 37.6 Å². The molecule has 9 heteroatoms. The highest BCUT2D eigenvalue weighted by atomic mass is 28.4. The second-order valence-corrected chi connectivity index (χ2v) is 14.8. The van der Waals surface area contributed by atoms with Crippen LogP contribution in [0.3, 0.4) is 0 Å². The van der Waals surface area contributed by atoms with Gasteiger partial charge in [0.25, 0.3) is 0 Å². The lowest BCUT2D eigenvalue weighted by Gasteiger charge is -2.36. The van der Waals surface area contributed by atoms with E-state index in [1.54, 1.807) is 0 Å². The maximum atomic E-state index is 6.07. The summed E-state index contributed by atoms with van der Waals surface area (Å²) in [6, 6.07) is 0. The van der Waals surface area contributed by atoms with Crippen molar-refractivity contribution in [3.63, 3.8) is 0 Å². The van der Waals surface area contributed by atoms with Crippen molar-refractivity contribution in [1.29, 1.82) is 0 Å². The van der Waals surface area contributed by atoms with Crippen LogP contribution in [0.2, 0.25) is 18.1 Å². The number of ether oxygens (including phenoxy) is 7. The van der Waals surface area contributed by atoms with Crippen LogP contribution in [0.1, 0.15) is 53.4 Å². The molecule has 0 unspecified atom stereocenters. The van der Waals surface area contributed by atoms with E-state index in [-0.39, 0.29) is 5.04 Å². The monoisotopic (exact) mass is 524 g/mol. The largest absolute Gasteiger partial charge is 0.414 e. The molecule has 0 bridgehead atoms. The smallest absolute Gasteiger partial charge is 0.192 e. The van der Waals surface area contributed by atoms with E-state index < -0.39 is 8.32 Å². The summed E-state index contributed by atoms with van der Waals surface area (Å²) in [4.78, 5) is 0. The predicted molar refractivity (Wildman–Crippen MR) is 143 cm³/mol. The highest BCUT2D eigenvalue weighted by molar-refractivity contribution is 6.74. The highest BCUT2D eigenvalue weighted by Crippen LogP contribution is 2.36. The fourth-order valence-corrected chi connectivity index (χ4v) is 3.65. The molecule has 0 fully saturated rings. The fourth-order valence-electron chi connectivity index (χ4n) is 2.62. The number of hydrogen-bond acceptors (Lipinski definition) is 8. The van der Waals surface area contributed by atoms with Crippen LogP contribution in [0.25, 0.3) is 0 Å². The summed E-state index contributed by atoms with van der Waals surface area (Å²) in [6.45, 7) is 22.4. The predicted octanol–water partition coefficient (Wildman–Crippen LogP) is 4.70. The van der Waals surface area contributed by atoms with E-state index in [1.165, 1.54) is 19.3 Å². The van der Waals surface area contributed by atoms with Crippen molar-refractivity contribution in [3.05, 3.63) is 0 Å². The maximum Gasteiger partial charge on any atom is 0.192 e. The van der Waals surface area contributed by atoms with Gasteiger partial charge < -0.3 is 37.6 Å². The van der Waals surface area contributed by atoms with E-state index in [9.17, 15) is 0 Å². The van der Waals surface area contributed by atoms with Crippen molar-refractivity contribution >= 4 is 8.32 Å². The molecule has 0 atom stereocenters. The first-order valence-electron chi connectivity index (χ1n) is 13.5. The molecule has 0 aliphatic carbocycles. The summed E-state index contributed by atoms with van der Waals surface area (Å²) in [5.41, 5.74) is 0. The zero-order chi connectivity index (χ0) is 26.1. The second kappa shape index (κ2) is 24.2. The Balaban J connectivity index is 3.14. The van der Waals surface area contributed by atoms with Gasteiger partial charge in [-0.25, -0.2) is 0 Å². The first kappa shape index (κ1) is 34.9. The minimum absolute atomic E-state index is 0.229. The lowest BCUT2D eigenvalue weighted by molar-refractivity contribution is -0.0214. The third kappa shape index (κ3) is 24.0. The van der Waals surface area contributed by atoms with E-state index >= 15 is 0 Å². The quantitative estimate of drug-likeness (QED) is 0.113. The van der Waals surface area contributed by atoms with Crippen LogP contribution >= 0.6 is 0 Å². The van der Waals surface area contributed by atoms with Gasteiger partial charge in [-0.1, -0.05) is 47.0 Å². The topological polar surface area (TPSA) is 73.8 Å². The standard InChI is InChI=1S/C26H56O8Si/c1-7-8-9-10-11-27-12-13-28-14-15-29-16-17-30-18-19-31-20-21-32-22-23-33-24-25-34-35(5,6)26(2,3)4/h7-25H2,1-6H3. The van der Waals surface area contributed by atoms with Crippen molar-refractivity contribution in [2.24, 2.45) is 0 Å². The van der Waals surface area contributed by atoms with Gasteiger partial charge in [0, 0.05) is 6.61 Å². The number of unbranched alkanes of at least 4 members (excludes halogenated alkanes) is 3. The van der Waals surface area contributed by atoms with Gasteiger partial charge in [-0.15, -0.1) is 0 Å². The molecule has 0 radical (unpaired) electrons. The molecule has 0 aromatic heterocycles. The Labute approximate surface area is 216 Å². The van der Waals surface area contributed by atoms with E-state index in [2.05, 4.69) is 40.8 Å². The Hall–Kier alpha value is -0.103. The summed E-state index contributed by atoms with van der Waals surface area (Å²) in [6.07, 6.45) is 4.93. The van der Waals surface area contributed by atoms with Gasteiger partial charge in [-0.2, -0.15) is 0 Å². The van der Waals surface area contributed by atoms with Crippen LogP contribution in [0.15, 0.2) is 0 Å². The van der Waals surface area contributed by atoms with Gasteiger partial charge in [0.15, 0.2) is 8.32 Å². The Bertz CT molecular complexity index is 432. The summed E-state index contributed by atoms with van der Waals surface area (Å²) in [7, 11) is -1.68. The first-order valence-corrected chi connectivity index (χ1v) is 16.4. The van der Waals surface area contributed by atoms with Gasteiger partial charge in [-0.3, -0.25) is 0 Å². The Morgan fingerprint density at radius 3 is 1.06 bits per heavy atom. The molecular formula is C26H56O8Si. The summed E-state index contributed by atoms with van der Waals surface area (Å²) < 4.78 is 44.6. The lowest BCUT2D eigenvalue weighted by Crippen LogP contribution is -2.41. The van der Waals surface area contributed by atoms with E-state index in [0.29, 0.717) is 92.5 Å². The minimum Gasteiger partial charge on any atom is -0.414 e. The van der Waals surface area contributed by atoms with E-state index in [1.807, 2.05) is 0 Å². The van der Waals surface area contributed by atoms with Crippen LogP contribution < -0.4 is 0 Å². The van der Waals surface area contributed by atoms with Crippen LogP contribution in [0.4, 0.5) is 0 Å². The first-order chi connectivity index (χ1) is 16.8. The average molecular weight is 525 g/mol. The van der Waals surface area contributed by atoms with Gasteiger partial charge in [0.2, 0.25) is 0 Å². The molecule has 0 aliphatic rings. The van der Waals surface area contributed by atoms with Gasteiger partial charge in [0.1, 0.15) is 0 Å². The SMILES string of the molecule is CCCCCCOCCOCCOCCOCCOCCOCCOCCO[Si](C)(C)C(C)(C)C. The molecule has 0 heterocycles. The molecule has 0 N–H and O–H groups in total. The third-order valence-corrected chi connectivity index (χ3v) is 10.4. The fraction of sp³-hybridized carbons (Fsp3) is 1.00. The minimum atomic E-state index is -1.68. The summed E-state index contributed by atoms with van der Waals surface area (Å²) in [5, 5.41) is 0.229. The average Bonchev–Trinajstić information content (AvgIpc) is 2.80. The molecule has 0 amide bonds. The van der Waals surface area contributed by atoms with Crippen molar-refractivity contribution in [3.8, 4) is 0 Å². The summed E-state index contributed by atoms with van der Waals surface area (Å²) >= 11 is 0. The number of rotatable bonds is 27. The Morgan fingerprint density at radius 2 is 0.743 bits per heavy atom. The Kier molecular flexibility index (Phi) is 24.2. The van der Waals surface area contributed by atoms with E-state index in [0.717, 1.165) is 13.0 Å².